The van der Waals surface area contributed by atoms with Gasteiger partial charge in [-0.15, -0.1) is 0 Å². The number of ether oxygens (including phenoxy) is 6. The number of rotatable bonds is 7. The SMILES string of the molecule is CC[C@H]1OC(O)[C@H](C)[C@@H](O[C@H]2C[C@@](C)(OC)[C@@H](O)[C@H](C)O2)C(C)[C@@H](O[C@@H]2O[C@H](C)C[C@H](N(C)C)[C@H]2O)C(C)C[C@H](C)C(=O)[C@H](C)[C@@H](O)[C@]1(C)O. The highest BCUT2D eigenvalue weighted by Crippen LogP contribution is 2.40. The van der Waals surface area contributed by atoms with Crippen molar-refractivity contribution in [3.05, 3.63) is 0 Å². The first kappa shape index (κ1) is 43.6. The summed E-state index contributed by atoms with van der Waals surface area (Å²) in [5, 5.41) is 57.0. The van der Waals surface area contributed by atoms with E-state index in [0.29, 0.717) is 12.8 Å². The lowest BCUT2D eigenvalue weighted by molar-refractivity contribution is -0.319. The van der Waals surface area contributed by atoms with Crippen molar-refractivity contribution in [2.45, 2.75) is 180 Å². The summed E-state index contributed by atoms with van der Waals surface area (Å²) in [7, 11) is 5.34. The van der Waals surface area contributed by atoms with Crippen molar-refractivity contribution in [1.29, 1.82) is 0 Å². The van der Waals surface area contributed by atoms with Gasteiger partial charge < -0.3 is 58.9 Å². The molecule has 0 amide bonds. The van der Waals surface area contributed by atoms with Crippen LogP contribution in [0, 0.1) is 29.6 Å². The Morgan fingerprint density at radius 2 is 1.48 bits per heavy atom. The fraction of sp³-hybridized carbons (Fsp3) is 0.973. The number of methoxy groups -OCH3 is 1. The Morgan fingerprint density at radius 3 is 2.04 bits per heavy atom. The van der Waals surface area contributed by atoms with Crippen LogP contribution in [-0.2, 0) is 33.2 Å². The number of Topliss-reactive ketones (excluding diaryl/α,β-unsaturated/α-hetero) is 1. The highest BCUT2D eigenvalue weighted by Gasteiger charge is 2.51. The van der Waals surface area contributed by atoms with E-state index in [1.807, 2.05) is 46.7 Å². The third kappa shape index (κ3) is 9.46. The average molecular weight is 720 g/mol. The molecule has 0 radical (unpaired) electrons. The zero-order chi connectivity index (χ0) is 38.0. The van der Waals surface area contributed by atoms with Gasteiger partial charge in [0.2, 0.25) is 0 Å². The maximum absolute atomic E-state index is 13.8. The van der Waals surface area contributed by atoms with Crippen molar-refractivity contribution in [2.75, 3.05) is 21.2 Å². The van der Waals surface area contributed by atoms with Crippen molar-refractivity contribution in [1.82, 2.24) is 4.90 Å². The molecule has 3 heterocycles. The average Bonchev–Trinajstić information content (AvgIpc) is 3.05. The second-order valence-corrected chi connectivity index (χ2v) is 16.3. The van der Waals surface area contributed by atoms with Crippen LogP contribution in [0.15, 0.2) is 0 Å². The topological polar surface area (TPSA) is 177 Å². The Morgan fingerprint density at radius 1 is 0.860 bits per heavy atom. The molecule has 0 saturated carbocycles. The molecular formula is C37H69NO12. The van der Waals surface area contributed by atoms with Crippen LogP contribution in [0.3, 0.4) is 0 Å². The molecule has 3 aliphatic rings. The molecule has 0 aromatic rings. The number of hydrogen-bond acceptors (Lipinski definition) is 13. The Balaban J connectivity index is 2.13. The number of aliphatic hydroxyl groups is 5. The summed E-state index contributed by atoms with van der Waals surface area (Å²) in [6.45, 7) is 17.8. The van der Waals surface area contributed by atoms with Crippen LogP contribution in [0.1, 0.15) is 94.9 Å². The number of carbonyl (C=O) groups is 1. The normalized spacial score (nSPS) is 50.6. The molecule has 0 bridgehead atoms. The lowest BCUT2D eigenvalue weighted by Crippen LogP contribution is -2.59. The van der Waals surface area contributed by atoms with E-state index in [9.17, 15) is 30.3 Å². The molecule has 19 atom stereocenters. The quantitative estimate of drug-likeness (QED) is 0.260. The Labute approximate surface area is 299 Å². The predicted molar refractivity (Wildman–Crippen MR) is 186 cm³/mol. The summed E-state index contributed by atoms with van der Waals surface area (Å²) >= 11 is 0. The molecule has 13 heteroatoms. The van der Waals surface area contributed by atoms with Gasteiger partial charge in [-0.1, -0.05) is 41.5 Å². The number of hydrogen-bond donors (Lipinski definition) is 5. The molecule has 3 fully saturated rings. The molecule has 5 N–H and O–H groups in total. The molecule has 13 nitrogen and oxygen atoms in total. The van der Waals surface area contributed by atoms with E-state index in [1.54, 1.807) is 34.6 Å². The van der Waals surface area contributed by atoms with E-state index in [4.69, 9.17) is 28.4 Å². The highest BCUT2D eigenvalue weighted by molar-refractivity contribution is 5.83. The van der Waals surface area contributed by atoms with Crippen LogP contribution in [-0.4, -0.2) is 142 Å². The molecule has 0 spiro atoms. The Hall–Kier alpha value is -0.810. The monoisotopic (exact) mass is 719 g/mol. The van der Waals surface area contributed by atoms with Gasteiger partial charge in [-0.3, -0.25) is 4.79 Å². The molecule has 294 valence electrons. The molecule has 3 aliphatic heterocycles. The maximum atomic E-state index is 13.8. The summed E-state index contributed by atoms with van der Waals surface area (Å²) < 4.78 is 37.8. The van der Waals surface area contributed by atoms with Gasteiger partial charge in [-0.25, -0.2) is 0 Å². The zero-order valence-electron chi connectivity index (χ0n) is 32.7. The van der Waals surface area contributed by atoms with Crippen LogP contribution in [0.4, 0.5) is 0 Å². The van der Waals surface area contributed by atoms with Gasteiger partial charge in [0.1, 0.15) is 23.6 Å². The summed E-state index contributed by atoms with van der Waals surface area (Å²) in [6.07, 6.45) is -8.56. The molecular weight excluding hydrogens is 650 g/mol. The second-order valence-electron chi connectivity index (χ2n) is 16.3. The van der Waals surface area contributed by atoms with E-state index >= 15 is 0 Å². The third-order valence-corrected chi connectivity index (χ3v) is 12.0. The standard InChI is InChI=1S/C37H69NO12/c1-14-26-37(10,44)32(41)21(5)28(39)18(2)15-19(3)30(50-35-29(40)25(38(11)12)16-20(4)46-35)22(6)31(23(7)34(43)48-26)49-27-17-36(9,45-13)33(42)24(8)47-27/h18-27,29-35,40-44H,14-17H2,1-13H3/t18-,19?,20+,21-,22?,23+,24-,25-,26+,27-,29+,30-,31-,32+,33-,34?,35-,36+,37+/m0/s1. The van der Waals surface area contributed by atoms with Gasteiger partial charge in [0.05, 0.1) is 42.2 Å². The van der Waals surface area contributed by atoms with Crippen molar-refractivity contribution in [2.24, 2.45) is 29.6 Å². The van der Waals surface area contributed by atoms with E-state index in [0.717, 1.165) is 0 Å². The van der Waals surface area contributed by atoms with Gasteiger partial charge in [-0.2, -0.15) is 0 Å². The minimum Gasteiger partial charge on any atom is -0.389 e. The van der Waals surface area contributed by atoms with E-state index < -0.39 is 96.5 Å². The largest absolute Gasteiger partial charge is 0.389 e. The third-order valence-electron chi connectivity index (χ3n) is 12.0. The first-order valence-electron chi connectivity index (χ1n) is 18.6. The first-order chi connectivity index (χ1) is 23.1. The number of nitrogens with zero attached hydrogens (tertiary/aromatic N) is 1. The van der Waals surface area contributed by atoms with Crippen LogP contribution >= 0.6 is 0 Å². The van der Waals surface area contributed by atoms with Gasteiger partial charge in [0.15, 0.2) is 18.9 Å². The number of carbonyl (C=O) groups excluding carboxylic acids is 1. The molecule has 0 aromatic heterocycles. The fourth-order valence-corrected chi connectivity index (χ4v) is 8.48. The van der Waals surface area contributed by atoms with Crippen molar-refractivity contribution in [3.63, 3.8) is 0 Å². The molecule has 0 aromatic carbocycles. The van der Waals surface area contributed by atoms with Crippen LogP contribution in [0.5, 0.6) is 0 Å². The molecule has 50 heavy (non-hydrogen) atoms. The van der Waals surface area contributed by atoms with Gasteiger partial charge >= 0.3 is 0 Å². The van der Waals surface area contributed by atoms with Gasteiger partial charge in [-0.05, 0) is 67.0 Å². The van der Waals surface area contributed by atoms with Crippen molar-refractivity contribution in [3.8, 4) is 0 Å². The van der Waals surface area contributed by atoms with E-state index in [1.165, 1.54) is 14.0 Å². The Kier molecular flexibility index (Phi) is 15.3. The van der Waals surface area contributed by atoms with Crippen LogP contribution in [0.2, 0.25) is 0 Å². The fourth-order valence-electron chi connectivity index (χ4n) is 8.48. The van der Waals surface area contributed by atoms with Crippen molar-refractivity contribution >= 4 is 5.78 Å². The first-order valence-corrected chi connectivity index (χ1v) is 18.6. The summed E-state index contributed by atoms with van der Waals surface area (Å²) in [5.41, 5.74) is -2.83. The smallest absolute Gasteiger partial charge is 0.185 e. The predicted octanol–water partition coefficient (Wildman–Crippen LogP) is 2.46. The van der Waals surface area contributed by atoms with Crippen LogP contribution < -0.4 is 0 Å². The zero-order valence-corrected chi connectivity index (χ0v) is 32.7. The maximum Gasteiger partial charge on any atom is 0.185 e. The van der Waals surface area contributed by atoms with Gasteiger partial charge in [0, 0.05) is 43.2 Å². The van der Waals surface area contributed by atoms with E-state index in [2.05, 4.69) is 0 Å². The minimum absolute atomic E-state index is 0.192. The number of aliphatic hydroxyl groups excluding tert-OH is 4. The molecule has 3 rings (SSSR count). The summed E-state index contributed by atoms with van der Waals surface area (Å²) in [4.78, 5) is 15.7. The number of ketones is 1. The molecule has 3 unspecified atom stereocenters. The van der Waals surface area contributed by atoms with E-state index in [-0.39, 0.29) is 36.7 Å². The van der Waals surface area contributed by atoms with Crippen LogP contribution in [0.25, 0.3) is 0 Å². The minimum atomic E-state index is -1.86. The second kappa shape index (κ2) is 17.6. The lowest BCUT2D eigenvalue weighted by atomic mass is 9.75. The molecule has 3 saturated heterocycles. The highest BCUT2D eigenvalue weighted by atomic mass is 16.7. The van der Waals surface area contributed by atoms with Gasteiger partial charge in [0.25, 0.3) is 0 Å². The summed E-state index contributed by atoms with van der Waals surface area (Å²) in [5.74, 6) is -3.21. The lowest BCUT2D eigenvalue weighted by Gasteiger charge is -2.48. The molecule has 0 aliphatic carbocycles. The van der Waals surface area contributed by atoms with Crippen molar-refractivity contribution < 1.29 is 58.7 Å². The summed E-state index contributed by atoms with van der Waals surface area (Å²) in [6, 6.07) is -0.217. The Bertz CT molecular complexity index is 1080. The number of likely N-dealkylation sites (N-methyl/N-ethyl adjacent to an activating group) is 1.